The molecule has 0 radical (unpaired) electrons. The summed E-state index contributed by atoms with van der Waals surface area (Å²) in [6, 6.07) is -0.427. The molecule has 2 aliphatic rings. The van der Waals surface area contributed by atoms with E-state index in [4.69, 9.17) is 22.7 Å². The van der Waals surface area contributed by atoms with Gasteiger partial charge in [-0.1, -0.05) is 31.5 Å². The van der Waals surface area contributed by atoms with Gasteiger partial charge in [0, 0.05) is 0 Å². The average Bonchev–Trinajstić information content (AvgIpc) is 2.34. The van der Waals surface area contributed by atoms with Crippen LogP contribution in [0.2, 0.25) is 0 Å². The van der Waals surface area contributed by atoms with Gasteiger partial charge in [-0.15, -0.1) is 0 Å². The van der Waals surface area contributed by atoms with Crippen LogP contribution in [0, 0.1) is 5.92 Å². The fourth-order valence-electron chi connectivity index (χ4n) is 2.83. The van der Waals surface area contributed by atoms with Crippen molar-refractivity contribution < 1.29 is 14.3 Å². The summed E-state index contributed by atoms with van der Waals surface area (Å²) in [4.78, 5) is 25.2. The number of hydrogen-bond donors (Lipinski definition) is 1. The molecule has 1 saturated carbocycles. The molecule has 2 rings (SSSR count). The Bertz CT molecular complexity index is 350. The predicted octanol–water partition coefficient (Wildman–Crippen LogP) is 0.607. The average molecular weight is 270 g/mol. The number of nitrogens with two attached hydrogens (primary N) is 1. The molecule has 0 spiro atoms. The Morgan fingerprint density at radius 1 is 1.22 bits per heavy atom. The third-order valence-corrected chi connectivity index (χ3v) is 3.90. The first-order valence-corrected chi connectivity index (χ1v) is 6.74. The van der Waals surface area contributed by atoms with Crippen molar-refractivity contribution in [3.05, 3.63) is 0 Å². The summed E-state index contributed by atoms with van der Waals surface area (Å²) in [6.45, 7) is -0.116. The van der Waals surface area contributed by atoms with E-state index in [1.165, 1.54) is 11.3 Å². The van der Waals surface area contributed by atoms with Crippen LogP contribution < -0.4 is 5.73 Å². The number of morpholine rings is 1. The van der Waals surface area contributed by atoms with Gasteiger partial charge in [-0.2, -0.15) is 0 Å². The molecule has 1 unspecified atom stereocenters. The molecule has 2 amide bonds. The van der Waals surface area contributed by atoms with E-state index in [0.29, 0.717) is 0 Å². The Kier molecular flexibility index (Phi) is 4.29. The molecular formula is C12H18N2O3S. The number of ether oxygens (including phenoxy) is 1. The Balaban J connectivity index is 2.19. The number of carbonyl (C=O) groups excluding carboxylic acids is 2. The molecule has 18 heavy (non-hydrogen) atoms. The van der Waals surface area contributed by atoms with E-state index in [-0.39, 0.29) is 35.9 Å². The maximum atomic E-state index is 11.9. The highest BCUT2D eigenvalue weighted by Gasteiger charge is 2.39. The molecular weight excluding hydrogens is 252 g/mol. The molecule has 0 aromatic rings. The maximum Gasteiger partial charge on any atom is 0.255 e. The van der Waals surface area contributed by atoms with Crippen LogP contribution in [-0.4, -0.2) is 41.0 Å². The summed E-state index contributed by atoms with van der Waals surface area (Å²) in [6.07, 6.45) is 5.36. The minimum atomic E-state index is -0.427. The Morgan fingerprint density at radius 2 is 1.78 bits per heavy atom. The lowest BCUT2D eigenvalue weighted by Gasteiger charge is -2.38. The zero-order chi connectivity index (χ0) is 13.1. The van der Waals surface area contributed by atoms with E-state index in [9.17, 15) is 9.59 Å². The standard InChI is InChI=1S/C12H18N2O3S/c13-12(18)11(8-4-2-1-3-5-8)14-9(15)6-17-7-10(14)16/h8,11H,1-7H2,(H2,13,18). The molecule has 5 nitrogen and oxygen atoms in total. The second-order valence-electron chi connectivity index (χ2n) is 4.90. The minimum Gasteiger partial charge on any atom is -0.392 e. The van der Waals surface area contributed by atoms with Gasteiger partial charge in [0.15, 0.2) is 0 Å². The van der Waals surface area contributed by atoms with Crippen molar-refractivity contribution in [2.45, 2.75) is 38.1 Å². The van der Waals surface area contributed by atoms with Crippen molar-refractivity contribution in [3.8, 4) is 0 Å². The number of carbonyl (C=O) groups is 2. The largest absolute Gasteiger partial charge is 0.392 e. The first kappa shape index (κ1) is 13.4. The van der Waals surface area contributed by atoms with Gasteiger partial charge in [-0.25, -0.2) is 0 Å². The zero-order valence-corrected chi connectivity index (χ0v) is 11.1. The minimum absolute atomic E-state index is 0.0580. The number of amides is 2. The number of nitrogens with zero attached hydrogens (tertiary/aromatic N) is 1. The summed E-state index contributed by atoms with van der Waals surface area (Å²) in [7, 11) is 0. The van der Waals surface area contributed by atoms with Crippen molar-refractivity contribution in [2.75, 3.05) is 13.2 Å². The van der Waals surface area contributed by atoms with E-state index >= 15 is 0 Å². The van der Waals surface area contributed by atoms with Crippen LogP contribution in [0.3, 0.4) is 0 Å². The highest BCUT2D eigenvalue weighted by atomic mass is 32.1. The molecule has 1 saturated heterocycles. The van der Waals surface area contributed by atoms with E-state index in [0.717, 1.165) is 25.7 Å². The quantitative estimate of drug-likeness (QED) is 0.601. The lowest BCUT2D eigenvalue weighted by atomic mass is 9.83. The second-order valence-corrected chi connectivity index (χ2v) is 5.37. The van der Waals surface area contributed by atoms with Crippen LogP contribution in [0.4, 0.5) is 0 Å². The molecule has 1 heterocycles. The van der Waals surface area contributed by atoms with Gasteiger partial charge in [0.25, 0.3) is 11.8 Å². The molecule has 2 fully saturated rings. The van der Waals surface area contributed by atoms with Crippen molar-refractivity contribution in [1.29, 1.82) is 0 Å². The number of rotatable bonds is 3. The van der Waals surface area contributed by atoms with Gasteiger partial charge in [0.05, 0.1) is 11.0 Å². The first-order valence-electron chi connectivity index (χ1n) is 6.33. The van der Waals surface area contributed by atoms with Gasteiger partial charge in [-0.3, -0.25) is 14.5 Å². The number of hydrogen-bond acceptors (Lipinski definition) is 4. The van der Waals surface area contributed by atoms with Crippen LogP contribution in [0.25, 0.3) is 0 Å². The molecule has 0 aromatic heterocycles. The molecule has 0 bridgehead atoms. The lowest BCUT2D eigenvalue weighted by molar-refractivity contribution is -0.161. The van der Waals surface area contributed by atoms with Gasteiger partial charge < -0.3 is 10.5 Å². The van der Waals surface area contributed by atoms with E-state index < -0.39 is 6.04 Å². The SMILES string of the molecule is NC(=S)C(C1CCCCC1)N1C(=O)COCC1=O. The number of imide groups is 1. The van der Waals surface area contributed by atoms with Crippen LogP contribution in [-0.2, 0) is 14.3 Å². The second kappa shape index (κ2) is 5.75. The highest BCUT2D eigenvalue weighted by Crippen LogP contribution is 2.30. The molecule has 1 atom stereocenters. The van der Waals surface area contributed by atoms with E-state index in [2.05, 4.69) is 0 Å². The summed E-state index contributed by atoms with van der Waals surface area (Å²) in [5, 5.41) is 0. The van der Waals surface area contributed by atoms with Crippen molar-refractivity contribution >= 4 is 29.0 Å². The zero-order valence-electron chi connectivity index (χ0n) is 10.3. The summed E-state index contributed by atoms with van der Waals surface area (Å²) in [5.41, 5.74) is 5.77. The molecule has 0 aromatic carbocycles. The molecule has 2 N–H and O–H groups in total. The van der Waals surface area contributed by atoms with Crippen LogP contribution >= 0.6 is 12.2 Å². The van der Waals surface area contributed by atoms with Crippen molar-refractivity contribution in [1.82, 2.24) is 4.90 Å². The van der Waals surface area contributed by atoms with Crippen molar-refractivity contribution in [3.63, 3.8) is 0 Å². The third kappa shape index (κ3) is 2.70. The molecule has 1 aliphatic heterocycles. The fourth-order valence-corrected chi connectivity index (χ4v) is 3.13. The summed E-state index contributed by atoms with van der Waals surface area (Å²) in [5.74, 6) is -0.438. The van der Waals surface area contributed by atoms with Crippen LogP contribution in [0.1, 0.15) is 32.1 Å². The predicted molar refractivity (Wildman–Crippen MR) is 69.8 cm³/mol. The lowest BCUT2D eigenvalue weighted by Crippen LogP contribution is -2.58. The Labute approximate surface area is 112 Å². The highest BCUT2D eigenvalue weighted by molar-refractivity contribution is 7.80. The normalized spacial score (nSPS) is 24.1. The fraction of sp³-hybridized carbons (Fsp3) is 0.750. The van der Waals surface area contributed by atoms with Gasteiger partial charge >= 0.3 is 0 Å². The maximum absolute atomic E-state index is 11.9. The van der Waals surface area contributed by atoms with Gasteiger partial charge in [-0.05, 0) is 18.8 Å². The molecule has 1 aliphatic carbocycles. The smallest absolute Gasteiger partial charge is 0.255 e. The van der Waals surface area contributed by atoms with Crippen molar-refractivity contribution in [2.24, 2.45) is 11.7 Å². The van der Waals surface area contributed by atoms with Crippen LogP contribution in [0.15, 0.2) is 0 Å². The summed E-state index contributed by atoms with van der Waals surface area (Å²) >= 11 is 5.08. The topological polar surface area (TPSA) is 72.6 Å². The molecule has 100 valence electrons. The molecule has 6 heteroatoms. The van der Waals surface area contributed by atoms with Crippen LogP contribution in [0.5, 0.6) is 0 Å². The Morgan fingerprint density at radius 3 is 2.28 bits per heavy atom. The van der Waals surface area contributed by atoms with E-state index in [1.807, 2.05) is 0 Å². The van der Waals surface area contributed by atoms with E-state index in [1.54, 1.807) is 0 Å². The van der Waals surface area contributed by atoms with Gasteiger partial charge in [0.2, 0.25) is 0 Å². The monoisotopic (exact) mass is 270 g/mol. The third-order valence-electron chi connectivity index (χ3n) is 3.65. The number of thiocarbonyl (C=S) groups is 1. The summed E-state index contributed by atoms with van der Waals surface area (Å²) < 4.78 is 4.92. The Hall–Kier alpha value is -1.01. The first-order chi connectivity index (χ1) is 8.61. The van der Waals surface area contributed by atoms with Gasteiger partial charge in [0.1, 0.15) is 13.2 Å².